The fourth-order valence-electron chi connectivity index (χ4n) is 2.61. The SMILES string of the molecule is CNC1CCC(NC(=O)CCCC(C)(C)C)CC1. The molecule has 0 aromatic heterocycles. The summed E-state index contributed by atoms with van der Waals surface area (Å²) in [5.41, 5.74) is 0.338. The van der Waals surface area contributed by atoms with Crippen LogP contribution in [0.15, 0.2) is 0 Å². The van der Waals surface area contributed by atoms with Crippen LogP contribution in [0, 0.1) is 5.41 Å². The van der Waals surface area contributed by atoms with Gasteiger partial charge in [0, 0.05) is 18.5 Å². The van der Waals surface area contributed by atoms with E-state index in [-0.39, 0.29) is 5.91 Å². The lowest BCUT2D eigenvalue weighted by molar-refractivity contribution is -0.122. The van der Waals surface area contributed by atoms with Crippen molar-refractivity contribution in [2.24, 2.45) is 5.41 Å². The predicted octanol–water partition coefficient (Wildman–Crippen LogP) is 2.85. The Hall–Kier alpha value is -0.570. The van der Waals surface area contributed by atoms with Crippen molar-refractivity contribution in [1.29, 1.82) is 0 Å². The van der Waals surface area contributed by atoms with Crippen LogP contribution < -0.4 is 10.6 Å². The maximum absolute atomic E-state index is 11.8. The zero-order chi connectivity index (χ0) is 13.6. The second-order valence-electron chi connectivity index (χ2n) is 6.82. The molecule has 0 unspecified atom stereocenters. The van der Waals surface area contributed by atoms with Gasteiger partial charge in [0.1, 0.15) is 0 Å². The van der Waals surface area contributed by atoms with E-state index in [4.69, 9.17) is 0 Å². The van der Waals surface area contributed by atoms with E-state index in [1.165, 1.54) is 12.8 Å². The van der Waals surface area contributed by atoms with E-state index in [9.17, 15) is 4.79 Å². The lowest BCUT2D eigenvalue weighted by atomic mass is 9.89. The summed E-state index contributed by atoms with van der Waals surface area (Å²) in [6.07, 6.45) is 7.41. The van der Waals surface area contributed by atoms with Gasteiger partial charge in [0.15, 0.2) is 0 Å². The third kappa shape index (κ3) is 6.39. The Morgan fingerprint density at radius 1 is 1.11 bits per heavy atom. The number of nitrogens with one attached hydrogen (secondary N) is 2. The number of carbonyl (C=O) groups is 1. The highest BCUT2D eigenvalue weighted by Gasteiger charge is 2.21. The molecule has 1 aliphatic carbocycles. The van der Waals surface area contributed by atoms with Gasteiger partial charge in [-0.05, 0) is 51.0 Å². The Morgan fingerprint density at radius 2 is 1.67 bits per heavy atom. The molecule has 1 rings (SSSR count). The Morgan fingerprint density at radius 3 is 2.17 bits per heavy atom. The average molecular weight is 254 g/mol. The summed E-state index contributed by atoms with van der Waals surface area (Å²) < 4.78 is 0. The third-order valence-electron chi connectivity index (χ3n) is 3.83. The fraction of sp³-hybridized carbons (Fsp3) is 0.933. The first-order valence-electron chi connectivity index (χ1n) is 7.37. The molecule has 0 saturated heterocycles. The quantitative estimate of drug-likeness (QED) is 0.792. The smallest absolute Gasteiger partial charge is 0.220 e. The van der Waals surface area contributed by atoms with Gasteiger partial charge < -0.3 is 10.6 Å². The average Bonchev–Trinajstić information content (AvgIpc) is 2.28. The minimum Gasteiger partial charge on any atom is -0.353 e. The maximum Gasteiger partial charge on any atom is 0.220 e. The van der Waals surface area contributed by atoms with Crippen molar-refractivity contribution in [3.63, 3.8) is 0 Å². The minimum absolute atomic E-state index is 0.243. The number of hydrogen-bond acceptors (Lipinski definition) is 2. The topological polar surface area (TPSA) is 41.1 Å². The van der Waals surface area contributed by atoms with Crippen LogP contribution in [0.4, 0.5) is 0 Å². The highest BCUT2D eigenvalue weighted by molar-refractivity contribution is 5.76. The molecule has 3 nitrogen and oxygen atoms in total. The Kier molecular flexibility index (Phi) is 6.13. The first kappa shape index (κ1) is 15.5. The number of hydrogen-bond donors (Lipinski definition) is 2. The largest absolute Gasteiger partial charge is 0.353 e. The van der Waals surface area contributed by atoms with Crippen LogP contribution in [0.1, 0.15) is 65.7 Å². The first-order chi connectivity index (χ1) is 8.40. The standard InChI is InChI=1S/C15H30N2O/c1-15(2,3)11-5-6-14(18)17-13-9-7-12(16-4)8-10-13/h12-13,16H,5-11H2,1-4H3,(H,17,18). The van der Waals surface area contributed by atoms with Crippen LogP contribution >= 0.6 is 0 Å². The highest BCUT2D eigenvalue weighted by atomic mass is 16.1. The molecule has 1 aliphatic rings. The molecule has 3 heteroatoms. The van der Waals surface area contributed by atoms with Gasteiger partial charge in [0.05, 0.1) is 0 Å². The van der Waals surface area contributed by atoms with Crippen molar-refractivity contribution in [1.82, 2.24) is 10.6 Å². The Labute approximate surface area is 112 Å². The monoisotopic (exact) mass is 254 g/mol. The minimum atomic E-state index is 0.243. The molecule has 0 atom stereocenters. The number of rotatable bonds is 5. The molecule has 1 amide bonds. The summed E-state index contributed by atoms with van der Waals surface area (Å²) in [6, 6.07) is 1.07. The van der Waals surface area contributed by atoms with Gasteiger partial charge in [-0.3, -0.25) is 4.79 Å². The highest BCUT2D eigenvalue weighted by Crippen LogP contribution is 2.22. The molecule has 0 heterocycles. The Bertz CT molecular complexity index is 250. The van der Waals surface area contributed by atoms with Crippen LogP contribution in [0.2, 0.25) is 0 Å². The first-order valence-corrected chi connectivity index (χ1v) is 7.37. The van der Waals surface area contributed by atoms with E-state index in [1.54, 1.807) is 0 Å². The summed E-state index contributed by atoms with van der Waals surface area (Å²) in [6.45, 7) is 6.68. The second kappa shape index (κ2) is 7.13. The van der Waals surface area contributed by atoms with Gasteiger partial charge in [-0.1, -0.05) is 20.8 Å². The zero-order valence-electron chi connectivity index (χ0n) is 12.5. The molecular formula is C15H30N2O. The van der Waals surface area contributed by atoms with Gasteiger partial charge in [0.2, 0.25) is 5.91 Å². The van der Waals surface area contributed by atoms with Crippen LogP contribution in [-0.4, -0.2) is 25.0 Å². The molecule has 106 valence electrons. The van der Waals surface area contributed by atoms with Gasteiger partial charge >= 0.3 is 0 Å². The number of amides is 1. The molecule has 0 aromatic rings. The fourth-order valence-corrected chi connectivity index (χ4v) is 2.61. The maximum atomic E-state index is 11.8. The summed E-state index contributed by atoms with van der Waals surface area (Å²) >= 11 is 0. The molecule has 18 heavy (non-hydrogen) atoms. The van der Waals surface area contributed by atoms with E-state index in [0.717, 1.165) is 25.7 Å². The van der Waals surface area contributed by atoms with Gasteiger partial charge in [-0.15, -0.1) is 0 Å². The van der Waals surface area contributed by atoms with Crippen molar-refractivity contribution < 1.29 is 4.79 Å². The van der Waals surface area contributed by atoms with E-state index < -0.39 is 0 Å². The predicted molar refractivity (Wildman–Crippen MR) is 76.6 cm³/mol. The van der Waals surface area contributed by atoms with Gasteiger partial charge in [-0.2, -0.15) is 0 Å². The van der Waals surface area contributed by atoms with Crippen molar-refractivity contribution in [2.45, 2.75) is 77.8 Å². The van der Waals surface area contributed by atoms with Crippen LogP contribution in [0.5, 0.6) is 0 Å². The molecule has 0 spiro atoms. The van der Waals surface area contributed by atoms with E-state index in [0.29, 0.717) is 23.9 Å². The van der Waals surface area contributed by atoms with Crippen LogP contribution in [-0.2, 0) is 4.79 Å². The molecule has 0 radical (unpaired) electrons. The summed E-state index contributed by atoms with van der Waals surface area (Å²) in [5.74, 6) is 0.243. The number of carbonyl (C=O) groups excluding carboxylic acids is 1. The zero-order valence-corrected chi connectivity index (χ0v) is 12.5. The van der Waals surface area contributed by atoms with Crippen LogP contribution in [0.3, 0.4) is 0 Å². The molecular weight excluding hydrogens is 224 g/mol. The summed E-state index contributed by atoms with van der Waals surface area (Å²) in [4.78, 5) is 11.8. The van der Waals surface area contributed by atoms with Crippen molar-refractivity contribution in [2.75, 3.05) is 7.05 Å². The summed E-state index contributed by atoms with van der Waals surface area (Å²) in [7, 11) is 2.02. The van der Waals surface area contributed by atoms with E-state index >= 15 is 0 Å². The van der Waals surface area contributed by atoms with Crippen LogP contribution in [0.25, 0.3) is 0 Å². The van der Waals surface area contributed by atoms with E-state index in [2.05, 4.69) is 31.4 Å². The molecule has 1 saturated carbocycles. The second-order valence-corrected chi connectivity index (χ2v) is 6.82. The third-order valence-corrected chi connectivity index (χ3v) is 3.83. The Balaban J connectivity index is 2.13. The van der Waals surface area contributed by atoms with Crippen molar-refractivity contribution in [3.8, 4) is 0 Å². The normalized spacial score (nSPS) is 24.9. The lowest BCUT2D eigenvalue weighted by Gasteiger charge is -2.29. The molecule has 2 N–H and O–H groups in total. The van der Waals surface area contributed by atoms with Crippen molar-refractivity contribution in [3.05, 3.63) is 0 Å². The van der Waals surface area contributed by atoms with E-state index in [1.807, 2.05) is 7.05 Å². The van der Waals surface area contributed by atoms with Gasteiger partial charge in [-0.25, -0.2) is 0 Å². The molecule has 1 fully saturated rings. The van der Waals surface area contributed by atoms with Crippen molar-refractivity contribution >= 4 is 5.91 Å². The molecule has 0 aromatic carbocycles. The lowest BCUT2D eigenvalue weighted by Crippen LogP contribution is -2.41. The molecule has 0 bridgehead atoms. The summed E-state index contributed by atoms with van der Waals surface area (Å²) in [5, 5.41) is 6.50. The molecule has 0 aliphatic heterocycles. The van der Waals surface area contributed by atoms with Gasteiger partial charge in [0.25, 0.3) is 0 Å².